The molecule has 0 radical (unpaired) electrons. The number of halogens is 1. The fraction of sp³-hybridized carbons (Fsp3) is 0.375. The molecule has 5 heteroatoms. The van der Waals surface area contributed by atoms with E-state index in [1.165, 1.54) is 12.8 Å². The van der Waals surface area contributed by atoms with Crippen molar-refractivity contribution in [2.45, 2.75) is 18.8 Å². The first-order valence-corrected chi connectivity index (χ1v) is 5.00. The zero-order chi connectivity index (χ0) is 8.84. The molecule has 3 rings (SSSR count). The van der Waals surface area contributed by atoms with Gasteiger partial charge in [0.05, 0.1) is 4.47 Å². The molecule has 0 spiro atoms. The van der Waals surface area contributed by atoms with Crippen LogP contribution in [0, 0.1) is 0 Å². The van der Waals surface area contributed by atoms with Gasteiger partial charge in [0.2, 0.25) is 0 Å². The quantitative estimate of drug-likeness (QED) is 0.761. The number of hydrogen-bond donors (Lipinski definition) is 0. The second-order valence-electron chi connectivity index (χ2n) is 3.29. The van der Waals surface area contributed by atoms with Crippen molar-refractivity contribution in [3.05, 3.63) is 22.6 Å². The van der Waals surface area contributed by atoms with Crippen molar-refractivity contribution in [2.24, 2.45) is 0 Å². The van der Waals surface area contributed by atoms with Crippen LogP contribution in [0.25, 0.3) is 5.65 Å². The summed E-state index contributed by atoms with van der Waals surface area (Å²) in [4.78, 5) is 4.29. The first-order valence-electron chi connectivity index (χ1n) is 4.21. The Kier molecular flexibility index (Phi) is 1.44. The van der Waals surface area contributed by atoms with Crippen LogP contribution in [0.4, 0.5) is 0 Å². The Bertz CT molecular complexity index is 460. The van der Waals surface area contributed by atoms with Crippen LogP contribution in [0.2, 0.25) is 0 Å². The molecule has 0 saturated heterocycles. The summed E-state index contributed by atoms with van der Waals surface area (Å²) in [7, 11) is 0. The van der Waals surface area contributed by atoms with Crippen molar-refractivity contribution in [2.75, 3.05) is 0 Å². The highest BCUT2D eigenvalue weighted by molar-refractivity contribution is 9.10. The summed E-state index contributed by atoms with van der Waals surface area (Å²) in [5.74, 6) is 0.603. The molecular formula is C8H7BrN4. The van der Waals surface area contributed by atoms with Crippen molar-refractivity contribution in [1.29, 1.82) is 0 Å². The van der Waals surface area contributed by atoms with E-state index in [-0.39, 0.29) is 0 Å². The highest BCUT2D eigenvalue weighted by Crippen LogP contribution is 2.40. The van der Waals surface area contributed by atoms with Gasteiger partial charge in [-0.25, -0.2) is 9.50 Å². The molecule has 0 atom stereocenters. The molecule has 1 aliphatic carbocycles. The number of rotatable bonds is 1. The standard InChI is InChI=1S/C8H7BrN4/c9-6-3-10-8-7(5-1-2-5)11-12-13(8)4-6/h3-5H,1-2H2. The molecule has 66 valence electrons. The summed E-state index contributed by atoms with van der Waals surface area (Å²) in [5.41, 5.74) is 1.94. The van der Waals surface area contributed by atoms with Crippen LogP contribution in [0.3, 0.4) is 0 Å². The molecule has 2 aromatic rings. The van der Waals surface area contributed by atoms with Crippen molar-refractivity contribution in [1.82, 2.24) is 19.8 Å². The van der Waals surface area contributed by atoms with E-state index in [1.54, 1.807) is 10.7 Å². The monoisotopic (exact) mass is 238 g/mol. The predicted octanol–water partition coefficient (Wildman–Crippen LogP) is 1.76. The molecule has 1 aliphatic rings. The predicted molar refractivity (Wildman–Crippen MR) is 50.5 cm³/mol. The fourth-order valence-electron chi connectivity index (χ4n) is 1.41. The minimum absolute atomic E-state index is 0.603. The zero-order valence-electron chi connectivity index (χ0n) is 6.81. The number of nitrogens with zero attached hydrogens (tertiary/aromatic N) is 4. The van der Waals surface area contributed by atoms with E-state index in [0.717, 1.165) is 15.8 Å². The maximum absolute atomic E-state index is 4.29. The average molecular weight is 239 g/mol. The minimum atomic E-state index is 0.603. The Morgan fingerprint density at radius 2 is 2.31 bits per heavy atom. The van der Waals surface area contributed by atoms with E-state index in [4.69, 9.17) is 0 Å². The second kappa shape index (κ2) is 2.51. The third-order valence-corrected chi connectivity index (χ3v) is 2.62. The molecule has 0 aliphatic heterocycles. The molecule has 0 bridgehead atoms. The third-order valence-electron chi connectivity index (χ3n) is 2.21. The summed E-state index contributed by atoms with van der Waals surface area (Å²) < 4.78 is 2.64. The largest absolute Gasteiger partial charge is 0.234 e. The van der Waals surface area contributed by atoms with Gasteiger partial charge in [0.15, 0.2) is 5.65 Å². The molecule has 0 unspecified atom stereocenters. The Morgan fingerprint density at radius 1 is 1.46 bits per heavy atom. The Labute approximate surface area is 83.1 Å². The average Bonchev–Trinajstić information content (AvgIpc) is 2.87. The fourth-order valence-corrected chi connectivity index (χ4v) is 1.70. The van der Waals surface area contributed by atoms with Crippen LogP contribution >= 0.6 is 15.9 Å². The second-order valence-corrected chi connectivity index (χ2v) is 4.20. The maximum Gasteiger partial charge on any atom is 0.179 e. The maximum atomic E-state index is 4.29. The molecule has 1 fully saturated rings. The van der Waals surface area contributed by atoms with E-state index >= 15 is 0 Å². The van der Waals surface area contributed by atoms with Crippen LogP contribution in [-0.2, 0) is 0 Å². The Balaban J connectivity index is 2.26. The van der Waals surface area contributed by atoms with Gasteiger partial charge in [-0.05, 0) is 28.8 Å². The van der Waals surface area contributed by atoms with Gasteiger partial charge in [-0.3, -0.25) is 0 Å². The Hall–Kier alpha value is -0.970. The normalized spacial score (nSPS) is 16.7. The van der Waals surface area contributed by atoms with Crippen molar-refractivity contribution in [3.8, 4) is 0 Å². The smallest absolute Gasteiger partial charge is 0.179 e. The Morgan fingerprint density at radius 3 is 3.08 bits per heavy atom. The molecule has 1 saturated carbocycles. The lowest BCUT2D eigenvalue weighted by Gasteiger charge is -1.92. The molecule has 0 amide bonds. The van der Waals surface area contributed by atoms with Gasteiger partial charge in [-0.15, -0.1) is 5.10 Å². The summed E-state index contributed by atoms with van der Waals surface area (Å²) in [5, 5.41) is 8.14. The highest BCUT2D eigenvalue weighted by Gasteiger charge is 2.29. The van der Waals surface area contributed by atoms with Gasteiger partial charge in [0.25, 0.3) is 0 Å². The van der Waals surface area contributed by atoms with E-state index in [1.807, 2.05) is 6.20 Å². The molecule has 0 aromatic carbocycles. The van der Waals surface area contributed by atoms with Crippen molar-refractivity contribution >= 4 is 21.6 Å². The van der Waals surface area contributed by atoms with Gasteiger partial charge < -0.3 is 0 Å². The van der Waals surface area contributed by atoms with Crippen LogP contribution in [0.5, 0.6) is 0 Å². The van der Waals surface area contributed by atoms with Crippen molar-refractivity contribution in [3.63, 3.8) is 0 Å². The molecule has 2 heterocycles. The van der Waals surface area contributed by atoms with Crippen molar-refractivity contribution < 1.29 is 0 Å². The van der Waals surface area contributed by atoms with Gasteiger partial charge >= 0.3 is 0 Å². The van der Waals surface area contributed by atoms with E-state index in [9.17, 15) is 0 Å². The summed E-state index contributed by atoms with van der Waals surface area (Å²) in [6.07, 6.45) is 6.12. The van der Waals surface area contributed by atoms with Crippen LogP contribution < -0.4 is 0 Å². The van der Waals surface area contributed by atoms with Crippen LogP contribution in [0.1, 0.15) is 24.5 Å². The van der Waals surface area contributed by atoms with Crippen LogP contribution in [-0.4, -0.2) is 19.8 Å². The van der Waals surface area contributed by atoms with E-state index < -0.39 is 0 Å². The number of hydrogen-bond acceptors (Lipinski definition) is 3. The SMILES string of the molecule is Brc1cnc2c(C3CC3)nnn2c1. The minimum Gasteiger partial charge on any atom is -0.234 e. The summed E-state index contributed by atoms with van der Waals surface area (Å²) in [6.45, 7) is 0. The molecular weight excluding hydrogens is 232 g/mol. The number of aromatic nitrogens is 4. The van der Waals surface area contributed by atoms with Gasteiger partial charge in [-0.1, -0.05) is 5.21 Å². The first-order chi connectivity index (χ1) is 6.34. The molecule has 13 heavy (non-hydrogen) atoms. The van der Waals surface area contributed by atoms with E-state index in [2.05, 4.69) is 31.2 Å². The summed E-state index contributed by atoms with van der Waals surface area (Å²) >= 11 is 3.34. The van der Waals surface area contributed by atoms with Gasteiger partial charge in [0, 0.05) is 18.3 Å². The lowest BCUT2D eigenvalue weighted by Crippen LogP contribution is -1.89. The zero-order valence-corrected chi connectivity index (χ0v) is 8.40. The highest BCUT2D eigenvalue weighted by atomic mass is 79.9. The van der Waals surface area contributed by atoms with Gasteiger partial charge in [-0.2, -0.15) is 0 Å². The van der Waals surface area contributed by atoms with Crippen LogP contribution in [0.15, 0.2) is 16.9 Å². The van der Waals surface area contributed by atoms with E-state index in [0.29, 0.717) is 5.92 Å². The molecule has 4 nitrogen and oxygen atoms in total. The molecule has 2 aromatic heterocycles. The van der Waals surface area contributed by atoms with Gasteiger partial charge in [0.1, 0.15) is 5.69 Å². The first kappa shape index (κ1) is 7.44. The lowest BCUT2D eigenvalue weighted by atomic mass is 10.3. The number of fused-ring (bicyclic) bond motifs is 1. The topological polar surface area (TPSA) is 43.1 Å². The molecule has 0 N–H and O–H groups in total. The third kappa shape index (κ3) is 1.14. The summed E-state index contributed by atoms with van der Waals surface area (Å²) in [6, 6.07) is 0. The lowest BCUT2D eigenvalue weighted by molar-refractivity contribution is 0.831.